The first-order valence-electron chi connectivity index (χ1n) is 16.9. The average Bonchev–Trinajstić information content (AvgIpc) is 3.63. The van der Waals surface area contributed by atoms with Crippen molar-refractivity contribution in [1.29, 1.82) is 0 Å². The van der Waals surface area contributed by atoms with Crippen LogP contribution < -0.4 is 9.64 Å². The van der Waals surface area contributed by atoms with Crippen LogP contribution in [0.25, 0.3) is 39.0 Å². The molecule has 3 fully saturated rings. The second kappa shape index (κ2) is 13.4. The smallest absolute Gasteiger partial charge is 0.319 e. The van der Waals surface area contributed by atoms with Crippen LogP contribution in [0.5, 0.6) is 6.01 Å². The van der Waals surface area contributed by atoms with Crippen LogP contribution in [0.15, 0.2) is 67.3 Å². The third-order valence-electron chi connectivity index (χ3n) is 10.3. The second-order valence-corrected chi connectivity index (χ2v) is 14.0. The number of aliphatic hydroxyl groups excluding tert-OH is 1. The highest BCUT2D eigenvalue weighted by atomic mass is 35.5. The Morgan fingerprint density at radius 1 is 1.14 bits per heavy atom. The monoisotopic (exact) mass is 698 g/mol. The van der Waals surface area contributed by atoms with E-state index in [9.17, 15) is 9.50 Å². The fourth-order valence-electron chi connectivity index (χ4n) is 7.83. The predicted molar refractivity (Wildman–Crippen MR) is 189 cm³/mol. The maximum atomic E-state index is 16.7. The van der Waals surface area contributed by atoms with E-state index in [0.717, 1.165) is 30.5 Å². The van der Waals surface area contributed by atoms with E-state index in [2.05, 4.69) is 24.8 Å². The lowest BCUT2D eigenvalue weighted by Crippen LogP contribution is -2.54. The first kappa shape index (κ1) is 32.8. The van der Waals surface area contributed by atoms with Gasteiger partial charge in [0.25, 0.3) is 0 Å². The molecule has 6 heterocycles. The SMILES string of the molecule is CN(CC1CN(C(O)/C=C/c2ccncn2)C1)c1nc(OC[C@@]23CCCN2C[C@H](F)C3)nc2c(F)c(-c3cccc4cccc(Cl)c34)ncc12. The van der Waals surface area contributed by atoms with E-state index in [-0.39, 0.29) is 29.7 Å². The zero-order chi connectivity index (χ0) is 34.4. The number of benzene rings is 2. The number of ether oxygens (including phenoxy) is 1. The van der Waals surface area contributed by atoms with E-state index >= 15 is 4.39 Å². The van der Waals surface area contributed by atoms with Gasteiger partial charge in [0.15, 0.2) is 5.82 Å². The summed E-state index contributed by atoms with van der Waals surface area (Å²) >= 11 is 6.61. The minimum Gasteiger partial charge on any atom is -0.461 e. The molecule has 3 atom stereocenters. The molecule has 0 spiro atoms. The van der Waals surface area contributed by atoms with E-state index in [1.807, 2.05) is 41.1 Å². The molecule has 50 heavy (non-hydrogen) atoms. The number of aromatic nitrogens is 5. The van der Waals surface area contributed by atoms with Crippen molar-refractivity contribution in [2.75, 3.05) is 51.3 Å². The van der Waals surface area contributed by atoms with Crippen LogP contribution in [-0.2, 0) is 0 Å². The lowest BCUT2D eigenvalue weighted by Gasteiger charge is -2.43. The number of aliphatic hydroxyl groups is 1. The second-order valence-electron chi connectivity index (χ2n) is 13.6. The van der Waals surface area contributed by atoms with Gasteiger partial charge in [-0.05, 0) is 49.1 Å². The molecule has 1 unspecified atom stereocenters. The number of fused-ring (bicyclic) bond motifs is 3. The van der Waals surface area contributed by atoms with Crippen LogP contribution in [0.4, 0.5) is 14.6 Å². The van der Waals surface area contributed by atoms with Crippen molar-refractivity contribution in [2.45, 2.75) is 37.2 Å². The van der Waals surface area contributed by atoms with Gasteiger partial charge in [0.05, 0.1) is 16.6 Å². The number of alkyl halides is 1. The lowest BCUT2D eigenvalue weighted by atomic mass is 9.95. The molecule has 0 radical (unpaired) electrons. The molecule has 0 amide bonds. The predicted octanol–water partition coefficient (Wildman–Crippen LogP) is 5.78. The van der Waals surface area contributed by atoms with Gasteiger partial charge in [-0.3, -0.25) is 14.8 Å². The van der Waals surface area contributed by atoms with Crippen LogP contribution in [-0.4, -0.2) is 104 Å². The number of rotatable bonds is 10. The quantitative estimate of drug-likeness (QED) is 0.193. The molecule has 2 aromatic carbocycles. The Balaban J connectivity index is 1.09. The molecule has 3 aliphatic heterocycles. The molecule has 0 aliphatic carbocycles. The van der Waals surface area contributed by atoms with Gasteiger partial charge in [-0.1, -0.05) is 41.9 Å². The summed E-state index contributed by atoms with van der Waals surface area (Å²) < 4.78 is 37.5. The molecule has 3 aliphatic rings. The number of hydrogen-bond acceptors (Lipinski definition) is 10. The van der Waals surface area contributed by atoms with Crippen molar-refractivity contribution in [3.05, 3.63) is 83.8 Å². The van der Waals surface area contributed by atoms with Crippen LogP contribution in [0.3, 0.4) is 0 Å². The van der Waals surface area contributed by atoms with Crippen LogP contribution in [0.1, 0.15) is 25.0 Å². The van der Waals surface area contributed by atoms with Crippen molar-refractivity contribution >= 4 is 45.2 Å². The lowest BCUT2D eigenvalue weighted by molar-refractivity contribution is -0.0327. The fourth-order valence-corrected chi connectivity index (χ4v) is 8.11. The van der Waals surface area contributed by atoms with Crippen molar-refractivity contribution in [1.82, 2.24) is 34.7 Å². The normalized spacial score (nSPS) is 22.0. The highest BCUT2D eigenvalue weighted by Gasteiger charge is 2.49. The first-order chi connectivity index (χ1) is 24.3. The Hall–Kier alpha value is -4.36. The Bertz CT molecular complexity index is 2060. The van der Waals surface area contributed by atoms with Gasteiger partial charge in [-0.15, -0.1) is 0 Å². The Labute approximate surface area is 293 Å². The third-order valence-corrected chi connectivity index (χ3v) is 10.6. The van der Waals surface area contributed by atoms with Crippen molar-refractivity contribution in [3.63, 3.8) is 0 Å². The van der Waals surface area contributed by atoms with Crippen molar-refractivity contribution in [3.8, 4) is 17.3 Å². The molecule has 1 N–H and O–H groups in total. The summed E-state index contributed by atoms with van der Waals surface area (Å²) in [5, 5.41) is 13.2. The molecular weight excluding hydrogens is 662 g/mol. The Morgan fingerprint density at radius 3 is 2.80 bits per heavy atom. The van der Waals surface area contributed by atoms with E-state index in [0.29, 0.717) is 59.8 Å². The summed E-state index contributed by atoms with van der Waals surface area (Å²) in [6.45, 7) is 3.36. The highest BCUT2D eigenvalue weighted by molar-refractivity contribution is 6.36. The van der Waals surface area contributed by atoms with Gasteiger partial charge >= 0.3 is 6.01 Å². The Morgan fingerprint density at radius 2 is 1.98 bits per heavy atom. The van der Waals surface area contributed by atoms with Gasteiger partial charge in [0.2, 0.25) is 0 Å². The van der Waals surface area contributed by atoms with E-state index in [1.165, 1.54) is 6.33 Å². The molecule has 0 saturated carbocycles. The van der Waals surface area contributed by atoms with Gasteiger partial charge in [0.1, 0.15) is 42.4 Å². The number of nitrogens with zero attached hydrogens (tertiary/aromatic N) is 8. The van der Waals surface area contributed by atoms with Crippen LogP contribution in [0, 0.1) is 11.7 Å². The maximum absolute atomic E-state index is 16.7. The third kappa shape index (κ3) is 6.14. The summed E-state index contributed by atoms with van der Waals surface area (Å²) in [6.07, 6.45) is 8.75. The highest BCUT2D eigenvalue weighted by Crippen LogP contribution is 2.41. The Kier molecular flexibility index (Phi) is 8.80. The number of hydrogen-bond donors (Lipinski definition) is 1. The summed E-state index contributed by atoms with van der Waals surface area (Å²) in [5.41, 5.74) is 1.08. The standard InChI is InChI=1S/C37H37ClF2N8O2/c1-46(17-23-18-47(19-23)30(49)10-9-26-11-13-41-22-43-26)35-28-16-42-33(27-7-2-5-24-6-3-8-29(38)31(24)27)32(40)34(28)44-36(45-35)50-21-37-12-4-14-48(37)20-25(39)15-37/h2-3,5-11,13,16,22-23,25,30,49H,4,12,14-15,17-21H2,1H3/b10-9+/t25-,30?,37+/m1/s1. The fraction of sp³-hybridized carbons (Fsp3) is 0.378. The van der Waals surface area contributed by atoms with Gasteiger partial charge in [-0.25, -0.2) is 18.7 Å². The summed E-state index contributed by atoms with van der Waals surface area (Å²) in [7, 11) is 1.90. The molecule has 13 heteroatoms. The number of likely N-dealkylation sites (tertiary alicyclic amines) is 1. The number of halogens is 3. The zero-order valence-corrected chi connectivity index (χ0v) is 28.3. The summed E-state index contributed by atoms with van der Waals surface area (Å²) in [5.74, 6) is 0.102. The van der Waals surface area contributed by atoms with Crippen LogP contribution >= 0.6 is 11.6 Å². The number of pyridine rings is 1. The largest absolute Gasteiger partial charge is 0.461 e. The molecule has 258 valence electrons. The molecule has 3 saturated heterocycles. The summed E-state index contributed by atoms with van der Waals surface area (Å²) in [6, 6.07) is 13.0. The zero-order valence-electron chi connectivity index (χ0n) is 27.6. The first-order valence-corrected chi connectivity index (χ1v) is 17.3. The molecular formula is C37H37ClF2N8O2. The van der Waals surface area contributed by atoms with Crippen LogP contribution in [0.2, 0.25) is 5.02 Å². The summed E-state index contributed by atoms with van der Waals surface area (Å²) in [4.78, 5) is 28.2. The van der Waals surface area contributed by atoms with Gasteiger partial charge in [-0.2, -0.15) is 9.97 Å². The maximum Gasteiger partial charge on any atom is 0.319 e. The molecule has 10 nitrogen and oxygen atoms in total. The molecule has 5 aromatic rings. The van der Waals surface area contributed by atoms with Gasteiger partial charge < -0.3 is 14.7 Å². The van der Waals surface area contributed by atoms with Crippen molar-refractivity contribution in [2.24, 2.45) is 5.92 Å². The van der Waals surface area contributed by atoms with Gasteiger partial charge in [0, 0.05) is 73.9 Å². The van der Waals surface area contributed by atoms with E-state index in [1.54, 1.807) is 42.7 Å². The average molecular weight is 699 g/mol. The molecule has 3 aromatic heterocycles. The molecule has 0 bridgehead atoms. The van der Waals surface area contributed by atoms with Crippen molar-refractivity contribution < 1.29 is 18.6 Å². The number of anilines is 1. The minimum absolute atomic E-state index is 0.0374. The molecule has 8 rings (SSSR count). The topological polar surface area (TPSA) is 104 Å². The minimum atomic E-state index is -0.903. The van der Waals surface area contributed by atoms with E-state index < -0.39 is 23.8 Å². The van der Waals surface area contributed by atoms with E-state index in [4.69, 9.17) is 21.3 Å².